The average molecular weight is 654 g/mol. The van der Waals surface area contributed by atoms with Crippen LogP contribution in [-0.4, -0.2) is 54.5 Å². The number of esters is 1. The van der Waals surface area contributed by atoms with Crippen LogP contribution in [0.25, 0.3) is 0 Å². The van der Waals surface area contributed by atoms with E-state index >= 15 is 0 Å². The number of carbonyl (C=O) groups is 2. The van der Waals surface area contributed by atoms with Crippen molar-refractivity contribution in [2.24, 2.45) is 0 Å². The van der Waals surface area contributed by atoms with E-state index in [4.69, 9.17) is 9.47 Å². The molecule has 7 nitrogen and oxygen atoms in total. The fourth-order valence-electron chi connectivity index (χ4n) is 5.49. The molecule has 0 unspecified atom stereocenters. The first kappa shape index (κ1) is 33.6. The Balaban J connectivity index is 1.27. The minimum Gasteiger partial charge on any atom is -0.465 e. The highest BCUT2D eigenvalue weighted by atomic mass is 19.2. The second-order valence-electron chi connectivity index (χ2n) is 11.1. The first-order valence-electron chi connectivity index (χ1n) is 14.9. The molecule has 1 N–H and O–H groups in total. The Bertz CT molecular complexity index is 1670. The molecule has 1 fully saturated rings. The maximum Gasteiger partial charge on any atom is 0.337 e. The molecule has 0 radical (unpaired) electrons. The number of ether oxygens (including phenoxy) is 2. The van der Waals surface area contributed by atoms with E-state index in [2.05, 4.69) is 10.2 Å². The lowest BCUT2D eigenvalue weighted by Crippen LogP contribution is -2.47. The predicted octanol–water partition coefficient (Wildman–Crippen LogP) is 7.07. The van der Waals surface area contributed by atoms with Crippen molar-refractivity contribution in [2.75, 3.05) is 32.1 Å². The molecule has 0 bridgehead atoms. The largest absolute Gasteiger partial charge is 0.465 e. The fourth-order valence-corrected chi connectivity index (χ4v) is 5.49. The van der Waals surface area contributed by atoms with Crippen molar-refractivity contribution in [1.82, 2.24) is 9.80 Å². The third-order valence-electron chi connectivity index (χ3n) is 7.98. The number of para-hydroxylation sites is 1. The van der Waals surface area contributed by atoms with Crippen LogP contribution in [0.1, 0.15) is 34.3 Å². The summed E-state index contributed by atoms with van der Waals surface area (Å²) < 4.78 is 81.8. The van der Waals surface area contributed by atoms with Crippen LogP contribution >= 0.6 is 0 Å². The van der Waals surface area contributed by atoms with Crippen LogP contribution in [0.4, 0.5) is 27.6 Å². The Kier molecular flexibility index (Phi) is 10.8. The molecule has 0 spiro atoms. The van der Waals surface area contributed by atoms with Gasteiger partial charge in [0.2, 0.25) is 11.7 Å². The number of benzene rings is 4. The van der Waals surface area contributed by atoms with Crippen molar-refractivity contribution in [2.45, 2.75) is 32.0 Å². The van der Waals surface area contributed by atoms with Gasteiger partial charge in [-0.05, 0) is 80.0 Å². The number of hydrogen-bond acceptors (Lipinski definition) is 6. The van der Waals surface area contributed by atoms with Crippen LogP contribution in [0, 0.1) is 29.1 Å². The van der Waals surface area contributed by atoms with E-state index in [0.717, 1.165) is 5.56 Å². The summed E-state index contributed by atoms with van der Waals surface area (Å²) in [5.74, 6) is -9.95. The highest BCUT2D eigenvalue weighted by molar-refractivity contribution is 5.92. The second-order valence-corrected chi connectivity index (χ2v) is 11.1. The summed E-state index contributed by atoms with van der Waals surface area (Å²) >= 11 is 0. The predicted molar refractivity (Wildman–Crippen MR) is 164 cm³/mol. The molecule has 0 aromatic heterocycles. The lowest BCUT2D eigenvalue weighted by Gasteiger charge is -2.38. The maximum absolute atomic E-state index is 14.7. The van der Waals surface area contributed by atoms with Crippen molar-refractivity contribution < 1.29 is 41.0 Å². The van der Waals surface area contributed by atoms with E-state index in [0.29, 0.717) is 55.2 Å². The molecule has 4 aromatic carbocycles. The Labute approximate surface area is 268 Å². The van der Waals surface area contributed by atoms with Crippen molar-refractivity contribution in [3.05, 3.63) is 125 Å². The Hall–Kier alpha value is -4.81. The lowest BCUT2D eigenvalue weighted by atomic mass is 10.0. The summed E-state index contributed by atoms with van der Waals surface area (Å²) in [6, 6.07) is 22.3. The number of methoxy groups -OCH3 is 1. The number of nitrogens with one attached hydrogen (secondary N) is 1. The van der Waals surface area contributed by atoms with Gasteiger partial charge in [-0.1, -0.05) is 30.3 Å². The number of nitrogens with zero attached hydrogens (tertiary/aromatic N) is 2. The summed E-state index contributed by atoms with van der Waals surface area (Å²) in [4.78, 5) is 28.5. The quantitative estimate of drug-likeness (QED) is 0.0809. The molecule has 1 aliphatic rings. The fraction of sp³-hybridized carbons (Fsp3) is 0.257. The zero-order valence-corrected chi connectivity index (χ0v) is 25.4. The molecule has 12 heteroatoms. The minimum atomic E-state index is -2.24. The van der Waals surface area contributed by atoms with Crippen LogP contribution < -0.4 is 10.1 Å². The number of likely N-dealkylation sites (tertiary alicyclic amines) is 1. The summed E-state index contributed by atoms with van der Waals surface area (Å²) in [7, 11) is 1.30. The van der Waals surface area contributed by atoms with Gasteiger partial charge >= 0.3 is 5.97 Å². The summed E-state index contributed by atoms with van der Waals surface area (Å²) in [6.07, 6.45) is 0.933. The van der Waals surface area contributed by atoms with Crippen LogP contribution in [0.15, 0.2) is 78.9 Å². The molecule has 1 saturated heterocycles. The van der Waals surface area contributed by atoms with Gasteiger partial charge in [-0.2, -0.15) is 0 Å². The van der Waals surface area contributed by atoms with Crippen molar-refractivity contribution in [3.63, 3.8) is 0 Å². The molecular weight excluding hydrogens is 621 g/mol. The van der Waals surface area contributed by atoms with Gasteiger partial charge in [-0.15, -0.1) is 0 Å². The number of anilines is 1. The highest BCUT2D eigenvalue weighted by Gasteiger charge is 2.31. The Morgan fingerprint density at radius 3 is 1.96 bits per heavy atom. The standard InChI is InChI=1S/C35H32F5N3O4/c1-46-35(45)23-9-7-22(8-10-23)19-42-17-15-25(16-18-42)43(20-28-30(36)32(38)34(40)33(39)31(28)37)21-29(44)41-24-11-13-27(14-12-24)47-26-5-3-2-4-6-26/h2-14,25H,15-21H2,1H3,(H,41,44). The van der Waals surface area contributed by atoms with Crippen molar-refractivity contribution >= 4 is 17.6 Å². The van der Waals surface area contributed by atoms with E-state index in [-0.39, 0.29) is 6.54 Å². The van der Waals surface area contributed by atoms with E-state index in [1.165, 1.54) is 12.0 Å². The van der Waals surface area contributed by atoms with Crippen LogP contribution in [0.2, 0.25) is 0 Å². The van der Waals surface area contributed by atoms with Gasteiger partial charge in [0.05, 0.1) is 19.2 Å². The topological polar surface area (TPSA) is 71.1 Å². The Morgan fingerprint density at radius 1 is 0.787 bits per heavy atom. The first-order chi connectivity index (χ1) is 22.6. The maximum atomic E-state index is 14.7. The smallest absolute Gasteiger partial charge is 0.337 e. The molecule has 5 rings (SSSR count). The van der Waals surface area contributed by atoms with Gasteiger partial charge in [0, 0.05) is 30.4 Å². The van der Waals surface area contributed by atoms with E-state index in [1.807, 2.05) is 30.3 Å². The van der Waals surface area contributed by atoms with Crippen molar-refractivity contribution in [1.29, 1.82) is 0 Å². The normalized spacial score (nSPS) is 13.9. The molecule has 0 saturated carbocycles. The number of amides is 1. The molecule has 0 aliphatic carbocycles. The zero-order valence-electron chi connectivity index (χ0n) is 25.4. The van der Waals surface area contributed by atoms with Gasteiger partial charge in [-0.3, -0.25) is 14.6 Å². The second kappa shape index (κ2) is 15.2. The summed E-state index contributed by atoms with van der Waals surface area (Å²) in [5.41, 5.74) is 0.812. The van der Waals surface area contributed by atoms with Crippen LogP contribution in [-0.2, 0) is 22.6 Å². The molecular formula is C35H32F5N3O4. The monoisotopic (exact) mass is 653 g/mol. The van der Waals surface area contributed by atoms with E-state index in [1.54, 1.807) is 48.5 Å². The number of halogens is 5. The Morgan fingerprint density at radius 2 is 1.36 bits per heavy atom. The molecule has 246 valence electrons. The number of hydrogen-bond donors (Lipinski definition) is 1. The molecule has 1 aliphatic heterocycles. The summed E-state index contributed by atoms with van der Waals surface area (Å²) in [5, 5.41) is 2.73. The van der Waals surface area contributed by atoms with Gasteiger partial charge in [-0.25, -0.2) is 26.7 Å². The van der Waals surface area contributed by atoms with Gasteiger partial charge in [0.1, 0.15) is 11.5 Å². The van der Waals surface area contributed by atoms with Crippen molar-refractivity contribution in [3.8, 4) is 11.5 Å². The molecule has 1 amide bonds. The van der Waals surface area contributed by atoms with Gasteiger partial charge in [0.15, 0.2) is 23.3 Å². The highest BCUT2D eigenvalue weighted by Crippen LogP contribution is 2.28. The SMILES string of the molecule is COC(=O)c1ccc(CN2CCC(N(CC(=O)Nc3ccc(Oc4ccccc4)cc3)Cc3c(F)c(F)c(F)c(F)c3F)CC2)cc1. The number of carbonyl (C=O) groups excluding carboxylic acids is 2. The average Bonchev–Trinajstić information content (AvgIpc) is 3.09. The minimum absolute atomic E-state index is 0.360. The molecule has 1 heterocycles. The lowest BCUT2D eigenvalue weighted by molar-refractivity contribution is -0.118. The molecule has 47 heavy (non-hydrogen) atoms. The van der Waals surface area contributed by atoms with Gasteiger partial charge in [0.25, 0.3) is 0 Å². The number of rotatable bonds is 11. The van der Waals surface area contributed by atoms with Crippen LogP contribution in [0.5, 0.6) is 11.5 Å². The van der Waals surface area contributed by atoms with E-state index in [9.17, 15) is 31.5 Å². The summed E-state index contributed by atoms with van der Waals surface area (Å²) in [6.45, 7) is 0.628. The third-order valence-corrected chi connectivity index (χ3v) is 7.98. The first-order valence-corrected chi connectivity index (χ1v) is 14.9. The van der Waals surface area contributed by atoms with E-state index < -0.39 is 59.1 Å². The molecule has 0 atom stereocenters. The molecule has 4 aromatic rings. The zero-order chi connectivity index (χ0) is 33.5. The van der Waals surface area contributed by atoms with Gasteiger partial charge < -0.3 is 14.8 Å². The van der Waals surface area contributed by atoms with Crippen LogP contribution in [0.3, 0.4) is 0 Å². The number of piperidine rings is 1. The third kappa shape index (κ3) is 8.32.